The van der Waals surface area contributed by atoms with Crippen molar-refractivity contribution in [3.05, 3.63) is 35.6 Å². The van der Waals surface area contributed by atoms with Crippen molar-refractivity contribution in [3.8, 4) is 0 Å². The Bertz CT molecular complexity index is 508. The summed E-state index contributed by atoms with van der Waals surface area (Å²) < 4.78 is 0. The van der Waals surface area contributed by atoms with Crippen LogP contribution >= 0.6 is 0 Å². The fraction of sp³-hybridized carbons (Fsp3) is 0.588. The number of nitrogens with two attached hydrogens (primary N) is 1. The smallest absolute Gasteiger partial charge is 0.240 e. The second kappa shape index (κ2) is 7.11. The molecule has 5 heteroatoms. The first-order chi connectivity index (χ1) is 10.4. The number of amides is 1. The molecule has 122 valence electrons. The molecule has 4 N–H and O–H groups in total. The molecule has 0 unspecified atom stereocenters. The number of allylic oxidation sites excluding steroid dienone is 2. The zero-order valence-corrected chi connectivity index (χ0v) is 13.5. The van der Waals surface area contributed by atoms with Gasteiger partial charge in [-0.05, 0) is 17.9 Å². The highest BCUT2D eigenvalue weighted by Gasteiger charge is 2.32. The number of β-amino-alcohol motifs (C(OH)–C–C–N with tert-alkyl or cyclic N) is 1. The molecule has 1 fully saturated rings. The van der Waals surface area contributed by atoms with E-state index in [9.17, 15) is 9.90 Å². The summed E-state index contributed by atoms with van der Waals surface area (Å²) in [7, 11) is 0. The molecule has 0 aromatic carbocycles. The minimum atomic E-state index is -0.423. The van der Waals surface area contributed by atoms with Gasteiger partial charge in [0.25, 0.3) is 0 Å². The van der Waals surface area contributed by atoms with E-state index in [1.165, 1.54) is 0 Å². The lowest BCUT2D eigenvalue weighted by molar-refractivity contribution is -0.133. The number of rotatable bonds is 4. The van der Waals surface area contributed by atoms with E-state index in [1.54, 1.807) is 0 Å². The van der Waals surface area contributed by atoms with Gasteiger partial charge in [0.15, 0.2) is 0 Å². The van der Waals surface area contributed by atoms with Crippen molar-refractivity contribution in [2.24, 2.45) is 11.7 Å². The van der Waals surface area contributed by atoms with Crippen LogP contribution in [0, 0.1) is 5.92 Å². The molecule has 0 bridgehead atoms. The van der Waals surface area contributed by atoms with E-state index < -0.39 is 6.10 Å². The second-order valence-corrected chi connectivity index (χ2v) is 6.47. The van der Waals surface area contributed by atoms with Gasteiger partial charge in [0.1, 0.15) is 0 Å². The highest BCUT2D eigenvalue weighted by atomic mass is 16.3. The lowest BCUT2D eigenvalue weighted by atomic mass is 10.0. The average molecular weight is 305 g/mol. The zero-order valence-electron chi connectivity index (χ0n) is 13.5. The molecule has 0 radical (unpaired) electrons. The highest BCUT2D eigenvalue weighted by Crippen LogP contribution is 2.19. The number of nitrogens with zero attached hydrogens (tertiary/aromatic N) is 1. The van der Waals surface area contributed by atoms with E-state index in [4.69, 9.17) is 5.73 Å². The van der Waals surface area contributed by atoms with Crippen molar-refractivity contribution in [1.82, 2.24) is 10.2 Å². The molecule has 1 amide bonds. The van der Waals surface area contributed by atoms with Crippen LogP contribution in [0.3, 0.4) is 0 Å². The average Bonchev–Trinajstić information content (AvgIpc) is 2.91. The maximum atomic E-state index is 12.5. The van der Waals surface area contributed by atoms with Crippen molar-refractivity contribution in [1.29, 1.82) is 0 Å². The lowest BCUT2D eigenvalue weighted by Crippen LogP contribution is -2.46. The van der Waals surface area contributed by atoms with Gasteiger partial charge < -0.3 is 21.1 Å². The van der Waals surface area contributed by atoms with Gasteiger partial charge in [0.2, 0.25) is 5.91 Å². The first-order valence-corrected chi connectivity index (χ1v) is 7.93. The van der Waals surface area contributed by atoms with E-state index >= 15 is 0 Å². The fourth-order valence-corrected chi connectivity index (χ4v) is 2.68. The molecule has 0 aliphatic carbocycles. The van der Waals surface area contributed by atoms with Crippen LogP contribution in [-0.2, 0) is 4.79 Å². The Morgan fingerprint density at radius 3 is 2.86 bits per heavy atom. The predicted octanol–water partition coefficient (Wildman–Crippen LogP) is 0.923. The normalized spacial score (nSPS) is 26.3. The molecule has 2 heterocycles. The van der Waals surface area contributed by atoms with Gasteiger partial charge in [0, 0.05) is 31.8 Å². The number of nitrogens with one attached hydrogen (secondary N) is 1. The summed E-state index contributed by atoms with van der Waals surface area (Å²) in [5.74, 6) is 0.446. The van der Waals surface area contributed by atoms with E-state index in [1.807, 2.05) is 17.1 Å². The Kier molecular flexibility index (Phi) is 5.42. The summed E-state index contributed by atoms with van der Waals surface area (Å²) in [4.78, 5) is 14.3. The van der Waals surface area contributed by atoms with Gasteiger partial charge in [0.05, 0.1) is 12.1 Å². The van der Waals surface area contributed by atoms with Crippen LogP contribution in [0.1, 0.15) is 26.7 Å². The van der Waals surface area contributed by atoms with Crippen LogP contribution in [-0.4, -0.2) is 47.7 Å². The van der Waals surface area contributed by atoms with E-state index in [-0.39, 0.29) is 11.9 Å². The highest BCUT2D eigenvalue weighted by molar-refractivity contribution is 5.83. The quantitative estimate of drug-likeness (QED) is 0.675. The number of hydrogen-bond donors (Lipinski definition) is 3. The van der Waals surface area contributed by atoms with Gasteiger partial charge in [-0.15, -0.1) is 0 Å². The van der Waals surface area contributed by atoms with Gasteiger partial charge >= 0.3 is 0 Å². The van der Waals surface area contributed by atoms with Crippen molar-refractivity contribution in [3.63, 3.8) is 0 Å². The lowest BCUT2D eigenvalue weighted by Gasteiger charge is -2.30. The number of aliphatic hydroxyl groups excluding tert-OH is 1. The maximum Gasteiger partial charge on any atom is 0.240 e. The molecule has 1 saturated heterocycles. The van der Waals surface area contributed by atoms with Crippen LogP contribution < -0.4 is 11.1 Å². The summed E-state index contributed by atoms with van der Waals surface area (Å²) >= 11 is 0. The van der Waals surface area contributed by atoms with Crippen LogP contribution in [0.4, 0.5) is 0 Å². The Morgan fingerprint density at radius 2 is 2.27 bits per heavy atom. The Balaban J connectivity index is 2.01. The number of aliphatic hydroxyl groups is 1. The maximum absolute atomic E-state index is 12.5. The Hall–Kier alpha value is -1.59. The van der Waals surface area contributed by atoms with Gasteiger partial charge in [-0.3, -0.25) is 4.79 Å². The Labute approximate surface area is 132 Å². The fourth-order valence-electron chi connectivity index (χ4n) is 2.68. The topological polar surface area (TPSA) is 78.6 Å². The zero-order chi connectivity index (χ0) is 16.3. The summed E-state index contributed by atoms with van der Waals surface area (Å²) in [6, 6.07) is -0.273. The standard InChI is InChI=1S/C17H27N3O2/c1-11(2)12(3)4-5-13-10-20(7-6-15(13)18)17(22)16-8-14(21)9-19-16/h4-5,11,14,16,19,21H,3,6-10,18H2,1-2H3/b5-4-/t14-,16-/m1/s1. The van der Waals surface area contributed by atoms with E-state index in [0.717, 1.165) is 16.8 Å². The van der Waals surface area contributed by atoms with Crippen LogP contribution in [0.15, 0.2) is 35.6 Å². The van der Waals surface area contributed by atoms with Gasteiger partial charge in [-0.2, -0.15) is 0 Å². The van der Waals surface area contributed by atoms with Crippen molar-refractivity contribution in [2.45, 2.75) is 38.8 Å². The summed E-state index contributed by atoms with van der Waals surface area (Å²) in [5, 5.41) is 12.6. The molecule has 2 atom stereocenters. The molecule has 0 aromatic rings. The molecule has 0 spiro atoms. The molecular formula is C17H27N3O2. The Morgan fingerprint density at radius 1 is 1.55 bits per heavy atom. The van der Waals surface area contributed by atoms with Crippen LogP contribution in [0.5, 0.6) is 0 Å². The predicted molar refractivity (Wildman–Crippen MR) is 87.9 cm³/mol. The number of carbonyl (C=O) groups is 1. The molecule has 2 aliphatic rings. The van der Waals surface area contributed by atoms with Gasteiger partial charge in [-0.25, -0.2) is 0 Å². The number of carbonyl (C=O) groups excluding carboxylic acids is 1. The van der Waals surface area contributed by atoms with Crippen molar-refractivity contribution in [2.75, 3.05) is 19.6 Å². The summed E-state index contributed by atoms with van der Waals surface area (Å²) in [6.45, 7) is 9.87. The third-order valence-corrected chi connectivity index (χ3v) is 4.38. The van der Waals surface area contributed by atoms with E-state index in [2.05, 4.69) is 25.7 Å². The minimum absolute atomic E-state index is 0.0534. The first kappa shape index (κ1) is 16.8. The first-order valence-electron chi connectivity index (χ1n) is 7.93. The van der Waals surface area contributed by atoms with Crippen molar-refractivity contribution < 1.29 is 9.90 Å². The summed E-state index contributed by atoms with van der Waals surface area (Å²) in [5.41, 5.74) is 8.96. The van der Waals surface area contributed by atoms with E-state index in [0.29, 0.717) is 38.4 Å². The summed E-state index contributed by atoms with van der Waals surface area (Å²) in [6.07, 6.45) is 4.72. The van der Waals surface area contributed by atoms with Gasteiger partial charge in [-0.1, -0.05) is 38.2 Å². The minimum Gasteiger partial charge on any atom is -0.402 e. The molecule has 5 nitrogen and oxygen atoms in total. The SMILES string of the molecule is C=C(/C=C\C1=C(N)CCN(C(=O)[C@H]2C[C@@H](O)CN2)C1)C(C)C. The molecule has 2 aliphatic heterocycles. The second-order valence-electron chi connectivity index (χ2n) is 6.47. The third-order valence-electron chi connectivity index (χ3n) is 4.38. The third kappa shape index (κ3) is 3.99. The monoisotopic (exact) mass is 305 g/mol. The molecular weight excluding hydrogens is 278 g/mol. The van der Waals surface area contributed by atoms with Crippen molar-refractivity contribution >= 4 is 5.91 Å². The molecule has 2 rings (SSSR count). The molecule has 0 saturated carbocycles. The van der Waals surface area contributed by atoms with Crippen LogP contribution in [0.25, 0.3) is 0 Å². The molecule has 22 heavy (non-hydrogen) atoms. The van der Waals surface area contributed by atoms with Crippen LogP contribution in [0.2, 0.25) is 0 Å². The largest absolute Gasteiger partial charge is 0.402 e. The molecule has 0 aromatic heterocycles. The number of hydrogen-bond acceptors (Lipinski definition) is 4.